The standard InChI is InChI=1S/C14H16N2O2/c1-18-14(17)11-5-6-13(12(9-11)10-15)16-7-3-2-4-8-16/h5-6,9H,2-4,7-8H2,1H3. The third-order valence-corrected chi connectivity index (χ3v) is 3.23. The van der Waals surface area contributed by atoms with Crippen molar-refractivity contribution in [3.05, 3.63) is 29.3 Å². The Hall–Kier alpha value is -2.02. The first-order valence-electron chi connectivity index (χ1n) is 6.13. The van der Waals surface area contributed by atoms with E-state index in [1.54, 1.807) is 12.1 Å². The maximum Gasteiger partial charge on any atom is 0.337 e. The minimum Gasteiger partial charge on any atom is -0.465 e. The molecule has 1 aliphatic heterocycles. The number of carbonyl (C=O) groups excluding carboxylic acids is 1. The van der Waals surface area contributed by atoms with Gasteiger partial charge in [0.2, 0.25) is 0 Å². The molecule has 4 heteroatoms. The fourth-order valence-corrected chi connectivity index (χ4v) is 2.28. The summed E-state index contributed by atoms with van der Waals surface area (Å²) in [5.41, 5.74) is 1.89. The van der Waals surface area contributed by atoms with Crippen LogP contribution in [0, 0.1) is 11.3 Å². The van der Waals surface area contributed by atoms with Gasteiger partial charge in [0.15, 0.2) is 0 Å². The van der Waals surface area contributed by atoms with Gasteiger partial charge in [-0.25, -0.2) is 4.79 Å². The van der Waals surface area contributed by atoms with E-state index in [2.05, 4.69) is 15.7 Å². The SMILES string of the molecule is COC(=O)c1ccc(N2CCCCC2)c(C#N)c1. The Morgan fingerprint density at radius 2 is 2.06 bits per heavy atom. The second-order valence-electron chi connectivity index (χ2n) is 4.38. The van der Waals surface area contributed by atoms with E-state index in [9.17, 15) is 10.1 Å². The Morgan fingerprint density at radius 3 is 2.67 bits per heavy atom. The maximum atomic E-state index is 11.4. The van der Waals surface area contributed by atoms with Crippen LogP contribution in [0.15, 0.2) is 18.2 Å². The van der Waals surface area contributed by atoms with Gasteiger partial charge in [0.25, 0.3) is 0 Å². The summed E-state index contributed by atoms with van der Waals surface area (Å²) in [7, 11) is 1.34. The molecule has 1 aliphatic rings. The quantitative estimate of drug-likeness (QED) is 0.749. The van der Waals surface area contributed by atoms with E-state index in [1.807, 2.05) is 6.07 Å². The van der Waals surface area contributed by atoms with E-state index in [4.69, 9.17) is 0 Å². The lowest BCUT2D eigenvalue weighted by Crippen LogP contribution is -2.30. The van der Waals surface area contributed by atoms with Crippen LogP contribution in [-0.4, -0.2) is 26.2 Å². The summed E-state index contributed by atoms with van der Waals surface area (Å²) in [4.78, 5) is 13.6. The van der Waals surface area contributed by atoms with E-state index in [0.717, 1.165) is 31.6 Å². The average molecular weight is 244 g/mol. The van der Waals surface area contributed by atoms with Crippen LogP contribution >= 0.6 is 0 Å². The van der Waals surface area contributed by atoms with Crippen LogP contribution in [-0.2, 0) is 4.74 Å². The van der Waals surface area contributed by atoms with Crippen molar-refractivity contribution in [2.45, 2.75) is 19.3 Å². The van der Waals surface area contributed by atoms with E-state index in [1.165, 1.54) is 13.5 Å². The number of nitrogens with zero attached hydrogens (tertiary/aromatic N) is 2. The summed E-state index contributed by atoms with van der Waals surface area (Å²) in [5.74, 6) is -0.406. The third-order valence-electron chi connectivity index (χ3n) is 3.23. The van der Waals surface area contributed by atoms with Crippen molar-refractivity contribution in [3.8, 4) is 6.07 Å². The minimum absolute atomic E-state index is 0.406. The number of carbonyl (C=O) groups is 1. The van der Waals surface area contributed by atoms with Crippen molar-refractivity contribution in [2.24, 2.45) is 0 Å². The van der Waals surface area contributed by atoms with E-state index in [0.29, 0.717) is 11.1 Å². The van der Waals surface area contributed by atoms with Gasteiger partial charge in [-0.15, -0.1) is 0 Å². The molecule has 0 radical (unpaired) electrons. The normalized spacial score (nSPS) is 15.0. The molecule has 1 aromatic carbocycles. The second kappa shape index (κ2) is 5.54. The summed E-state index contributed by atoms with van der Waals surface area (Å²) in [5, 5.41) is 9.20. The molecule has 0 unspecified atom stereocenters. The van der Waals surface area contributed by atoms with Crippen molar-refractivity contribution in [1.29, 1.82) is 5.26 Å². The van der Waals surface area contributed by atoms with Crippen LogP contribution in [0.4, 0.5) is 5.69 Å². The Morgan fingerprint density at radius 1 is 1.33 bits per heavy atom. The fraction of sp³-hybridized carbons (Fsp3) is 0.429. The van der Waals surface area contributed by atoms with Crippen LogP contribution in [0.3, 0.4) is 0 Å². The molecule has 0 spiro atoms. The fourth-order valence-electron chi connectivity index (χ4n) is 2.28. The van der Waals surface area contributed by atoms with Crippen molar-refractivity contribution in [2.75, 3.05) is 25.1 Å². The molecule has 1 saturated heterocycles. The molecule has 0 aromatic heterocycles. The van der Waals surface area contributed by atoms with Gasteiger partial charge in [-0.05, 0) is 37.5 Å². The van der Waals surface area contributed by atoms with E-state index in [-0.39, 0.29) is 0 Å². The number of esters is 1. The molecule has 1 heterocycles. The van der Waals surface area contributed by atoms with Gasteiger partial charge in [-0.1, -0.05) is 0 Å². The van der Waals surface area contributed by atoms with Gasteiger partial charge < -0.3 is 9.64 Å². The Labute approximate surface area is 107 Å². The zero-order valence-electron chi connectivity index (χ0n) is 10.5. The molecule has 0 aliphatic carbocycles. The molecule has 0 N–H and O–H groups in total. The molecular weight excluding hydrogens is 228 g/mol. The monoisotopic (exact) mass is 244 g/mol. The topological polar surface area (TPSA) is 53.3 Å². The smallest absolute Gasteiger partial charge is 0.337 e. The number of ether oxygens (including phenoxy) is 1. The first-order valence-corrected chi connectivity index (χ1v) is 6.13. The number of hydrogen-bond acceptors (Lipinski definition) is 4. The molecule has 94 valence electrons. The lowest BCUT2D eigenvalue weighted by Gasteiger charge is -2.29. The zero-order valence-corrected chi connectivity index (χ0v) is 10.5. The molecule has 1 aromatic rings. The number of methoxy groups -OCH3 is 1. The Bertz CT molecular complexity index is 485. The molecule has 18 heavy (non-hydrogen) atoms. The van der Waals surface area contributed by atoms with Gasteiger partial charge in [-0.3, -0.25) is 0 Å². The molecule has 0 bridgehead atoms. The summed E-state index contributed by atoms with van der Waals surface area (Å²) < 4.78 is 4.66. The predicted octanol–water partition coefficient (Wildman–Crippen LogP) is 2.34. The second-order valence-corrected chi connectivity index (χ2v) is 4.38. The van der Waals surface area contributed by atoms with Crippen molar-refractivity contribution < 1.29 is 9.53 Å². The maximum absolute atomic E-state index is 11.4. The van der Waals surface area contributed by atoms with Crippen molar-refractivity contribution in [3.63, 3.8) is 0 Å². The predicted molar refractivity (Wildman–Crippen MR) is 68.6 cm³/mol. The van der Waals surface area contributed by atoms with Gasteiger partial charge >= 0.3 is 5.97 Å². The van der Waals surface area contributed by atoms with Crippen LogP contribution < -0.4 is 4.90 Å². The summed E-state index contributed by atoms with van der Waals surface area (Å²) in [6.07, 6.45) is 3.56. The van der Waals surface area contributed by atoms with E-state index >= 15 is 0 Å². The average Bonchev–Trinajstić information content (AvgIpc) is 2.46. The van der Waals surface area contributed by atoms with Crippen LogP contribution in [0.1, 0.15) is 35.2 Å². The summed E-state index contributed by atoms with van der Waals surface area (Å²) >= 11 is 0. The number of anilines is 1. The lowest BCUT2D eigenvalue weighted by molar-refractivity contribution is 0.0600. The Kier molecular flexibility index (Phi) is 3.83. The highest BCUT2D eigenvalue weighted by atomic mass is 16.5. The molecular formula is C14H16N2O2. The van der Waals surface area contributed by atoms with Crippen LogP contribution in [0.2, 0.25) is 0 Å². The molecule has 0 saturated carbocycles. The number of piperidine rings is 1. The largest absolute Gasteiger partial charge is 0.465 e. The third kappa shape index (κ3) is 2.45. The number of nitriles is 1. The highest BCUT2D eigenvalue weighted by molar-refractivity contribution is 5.90. The highest BCUT2D eigenvalue weighted by Gasteiger charge is 2.16. The number of rotatable bonds is 2. The first kappa shape index (κ1) is 12.4. The summed E-state index contributed by atoms with van der Waals surface area (Å²) in [6, 6.07) is 7.33. The van der Waals surface area contributed by atoms with Gasteiger partial charge in [0, 0.05) is 13.1 Å². The van der Waals surface area contributed by atoms with Crippen LogP contribution in [0.25, 0.3) is 0 Å². The molecule has 0 amide bonds. The molecule has 0 atom stereocenters. The highest BCUT2D eigenvalue weighted by Crippen LogP contribution is 2.25. The summed E-state index contributed by atoms with van der Waals surface area (Å²) in [6.45, 7) is 1.96. The van der Waals surface area contributed by atoms with Crippen molar-refractivity contribution >= 4 is 11.7 Å². The molecule has 2 rings (SSSR count). The zero-order chi connectivity index (χ0) is 13.0. The van der Waals surface area contributed by atoms with Gasteiger partial charge in [-0.2, -0.15) is 5.26 Å². The van der Waals surface area contributed by atoms with E-state index < -0.39 is 5.97 Å². The van der Waals surface area contributed by atoms with Gasteiger partial charge in [0.1, 0.15) is 6.07 Å². The van der Waals surface area contributed by atoms with Crippen LogP contribution in [0.5, 0.6) is 0 Å². The molecule has 4 nitrogen and oxygen atoms in total. The number of hydrogen-bond donors (Lipinski definition) is 0. The van der Waals surface area contributed by atoms with Gasteiger partial charge in [0.05, 0.1) is 23.9 Å². The molecule has 1 fully saturated rings. The van der Waals surface area contributed by atoms with Crippen molar-refractivity contribution in [1.82, 2.24) is 0 Å². The lowest BCUT2D eigenvalue weighted by atomic mass is 10.1. The number of benzene rings is 1. The minimum atomic E-state index is -0.406. The first-order chi connectivity index (χ1) is 8.76. The Balaban J connectivity index is 2.31.